The fraction of sp³-hybridized carbons (Fsp3) is 0.917. The molecule has 1 aliphatic heterocycles. The maximum Gasteiger partial charge on any atom is 0.226 e. The number of piperidine rings is 1. The summed E-state index contributed by atoms with van der Waals surface area (Å²) < 4.78 is 5.15. The first-order chi connectivity index (χ1) is 8.15. The minimum Gasteiger partial charge on any atom is -0.394 e. The third kappa shape index (κ3) is 5.02. The number of likely N-dealkylation sites (N-methyl/N-ethyl adjacent to an activating group) is 1. The lowest BCUT2D eigenvalue weighted by molar-refractivity contribution is -0.135. The van der Waals surface area contributed by atoms with Crippen molar-refractivity contribution in [3.63, 3.8) is 0 Å². The molecule has 5 nitrogen and oxygen atoms in total. The van der Waals surface area contributed by atoms with Crippen molar-refractivity contribution in [3.05, 3.63) is 0 Å². The van der Waals surface area contributed by atoms with Crippen LogP contribution in [-0.4, -0.2) is 62.4 Å². The van der Waals surface area contributed by atoms with E-state index in [1.165, 1.54) is 0 Å². The molecule has 2 N–H and O–H groups in total. The maximum atomic E-state index is 12.1. The Morgan fingerprint density at radius 1 is 1.47 bits per heavy atom. The molecule has 1 heterocycles. The maximum absolute atomic E-state index is 12.1. The van der Waals surface area contributed by atoms with E-state index in [2.05, 4.69) is 12.2 Å². The van der Waals surface area contributed by atoms with Gasteiger partial charge in [0.15, 0.2) is 0 Å². The lowest BCUT2D eigenvalue weighted by atomic mass is 9.91. The second kappa shape index (κ2) is 7.63. The average Bonchev–Trinajstić information content (AvgIpc) is 2.33. The van der Waals surface area contributed by atoms with Crippen LogP contribution in [0.3, 0.4) is 0 Å². The summed E-state index contributed by atoms with van der Waals surface area (Å²) in [5.41, 5.74) is 0. The van der Waals surface area contributed by atoms with Gasteiger partial charge in [-0.15, -0.1) is 0 Å². The second-order valence-corrected chi connectivity index (χ2v) is 4.79. The van der Waals surface area contributed by atoms with E-state index in [-0.39, 0.29) is 18.4 Å². The molecule has 0 saturated carbocycles. The van der Waals surface area contributed by atoms with Gasteiger partial charge in [0.1, 0.15) is 0 Å². The molecular formula is C12H24N2O3. The van der Waals surface area contributed by atoms with Gasteiger partial charge in [-0.3, -0.25) is 4.79 Å². The van der Waals surface area contributed by atoms with Crippen LogP contribution in [0.4, 0.5) is 0 Å². The molecular weight excluding hydrogens is 220 g/mol. The van der Waals surface area contributed by atoms with E-state index >= 15 is 0 Å². The normalized spacial score (nSPS) is 24.6. The van der Waals surface area contributed by atoms with E-state index in [1.54, 1.807) is 4.90 Å². The predicted molar refractivity (Wildman–Crippen MR) is 65.7 cm³/mol. The number of amides is 1. The summed E-state index contributed by atoms with van der Waals surface area (Å²) in [7, 11) is 1.81. The van der Waals surface area contributed by atoms with Gasteiger partial charge in [0.25, 0.3) is 0 Å². The Bertz CT molecular complexity index is 236. The molecule has 2 unspecified atom stereocenters. The molecule has 0 spiro atoms. The molecule has 0 aromatic rings. The summed E-state index contributed by atoms with van der Waals surface area (Å²) >= 11 is 0. The first-order valence-corrected chi connectivity index (χ1v) is 6.29. The monoisotopic (exact) mass is 244 g/mol. The highest BCUT2D eigenvalue weighted by atomic mass is 16.5. The molecule has 17 heavy (non-hydrogen) atoms. The van der Waals surface area contributed by atoms with Crippen molar-refractivity contribution in [3.8, 4) is 0 Å². The standard InChI is InChI=1S/C12H24N2O3/c1-10-7-11(9-13-8-10)12(16)14(2)3-5-17-6-4-15/h10-11,13,15H,3-9H2,1-2H3. The second-order valence-electron chi connectivity index (χ2n) is 4.79. The number of carbonyl (C=O) groups is 1. The third-order valence-electron chi connectivity index (χ3n) is 3.10. The topological polar surface area (TPSA) is 61.8 Å². The zero-order valence-electron chi connectivity index (χ0n) is 10.8. The van der Waals surface area contributed by atoms with E-state index in [0.717, 1.165) is 19.5 Å². The molecule has 0 aliphatic carbocycles. The number of hydrogen-bond donors (Lipinski definition) is 2. The first kappa shape index (κ1) is 14.4. The van der Waals surface area contributed by atoms with E-state index in [1.807, 2.05) is 7.05 Å². The lowest BCUT2D eigenvalue weighted by Gasteiger charge is -2.30. The number of carbonyl (C=O) groups excluding carboxylic acids is 1. The van der Waals surface area contributed by atoms with Crippen molar-refractivity contribution in [2.24, 2.45) is 11.8 Å². The Hall–Kier alpha value is -0.650. The van der Waals surface area contributed by atoms with Gasteiger partial charge in [0, 0.05) is 20.1 Å². The van der Waals surface area contributed by atoms with Crippen LogP contribution >= 0.6 is 0 Å². The summed E-state index contributed by atoms with van der Waals surface area (Å²) in [6.45, 7) is 5.39. The van der Waals surface area contributed by atoms with Crippen LogP contribution in [0.1, 0.15) is 13.3 Å². The summed E-state index contributed by atoms with van der Waals surface area (Å²) in [5, 5.41) is 11.8. The molecule has 1 fully saturated rings. The molecule has 0 aromatic heterocycles. The van der Waals surface area contributed by atoms with Crippen LogP contribution in [-0.2, 0) is 9.53 Å². The van der Waals surface area contributed by atoms with E-state index < -0.39 is 0 Å². The number of hydrogen-bond acceptors (Lipinski definition) is 4. The molecule has 1 aliphatic rings. The summed E-state index contributed by atoms with van der Waals surface area (Å²) in [6.07, 6.45) is 0.966. The van der Waals surface area contributed by atoms with Gasteiger partial charge in [-0.2, -0.15) is 0 Å². The van der Waals surface area contributed by atoms with E-state index in [9.17, 15) is 4.79 Å². The number of nitrogens with one attached hydrogen (secondary N) is 1. The Morgan fingerprint density at radius 3 is 2.88 bits per heavy atom. The zero-order chi connectivity index (χ0) is 12.7. The minimum absolute atomic E-state index is 0.0295. The Balaban J connectivity index is 2.25. The molecule has 0 radical (unpaired) electrons. The van der Waals surface area contributed by atoms with Gasteiger partial charge in [0.05, 0.1) is 25.7 Å². The number of ether oxygens (including phenoxy) is 1. The lowest BCUT2D eigenvalue weighted by Crippen LogP contribution is -2.44. The van der Waals surface area contributed by atoms with E-state index in [0.29, 0.717) is 25.7 Å². The van der Waals surface area contributed by atoms with Crippen molar-refractivity contribution >= 4 is 5.91 Å². The van der Waals surface area contributed by atoms with Crippen molar-refractivity contribution in [1.29, 1.82) is 0 Å². The summed E-state index contributed by atoms with van der Waals surface area (Å²) in [5.74, 6) is 0.856. The summed E-state index contributed by atoms with van der Waals surface area (Å²) in [4.78, 5) is 13.8. The summed E-state index contributed by atoms with van der Waals surface area (Å²) in [6, 6.07) is 0. The highest BCUT2D eigenvalue weighted by molar-refractivity contribution is 5.78. The Morgan fingerprint density at radius 2 is 2.24 bits per heavy atom. The number of rotatable bonds is 6. The van der Waals surface area contributed by atoms with Crippen LogP contribution in [0.25, 0.3) is 0 Å². The molecule has 1 saturated heterocycles. The number of aliphatic hydroxyl groups excluding tert-OH is 1. The van der Waals surface area contributed by atoms with Crippen LogP contribution in [0, 0.1) is 11.8 Å². The molecule has 0 aromatic carbocycles. The molecule has 100 valence electrons. The Labute approximate surface area is 103 Å². The van der Waals surface area contributed by atoms with Gasteiger partial charge in [-0.25, -0.2) is 0 Å². The first-order valence-electron chi connectivity index (χ1n) is 6.29. The van der Waals surface area contributed by atoms with Gasteiger partial charge in [-0.1, -0.05) is 6.92 Å². The highest BCUT2D eigenvalue weighted by Crippen LogP contribution is 2.17. The predicted octanol–water partition coefficient (Wildman–Crippen LogP) is -0.301. The fourth-order valence-electron chi connectivity index (χ4n) is 2.13. The van der Waals surface area contributed by atoms with Crippen LogP contribution in [0.5, 0.6) is 0 Å². The van der Waals surface area contributed by atoms with Crippen LogP contribution in [0.15, 0.2) is 0 Å². The SMILES string of the molecule is CC1CNCC(C(=O)N(C)CCOCCO)C1. The highest BCUT2D eigenvalue weighted by Gasteiger charge is 2.26. The van der Waals surface area contributed by atoms with E-state index in [4.69, 9.17) is 9.84 Å². The van der Waals surface area contributed by atoms with Crippen molar-refractivity contribution in [2.45, 2.75) is 13.3 Å². The number of nitrogens with zero attached hydrogens (tertiary/aromatic N) is 1. The van der Waals surface area contributed by atoms with Gasteiger partial charge < -0.3 is 20.1 Å². The number of aliphatic hydroxyl groups is 1. The van der Waals surface area contributed by atoms with Gasteiger partial charge >= 0.3 is 0 Å². The molecule has 1 amide bonds. The molecule has 0 bridgehead atoms. The quantitative estimate of drug-likeness (QED) is 0.630. The molecule has 1 rings (SSSR count). The van der Waals surface area contributed by atoms with Crippen molar-refractivity contribution in [1.82, 2.24) is 10.2 Å². The van der Waals surface area contributed by atoms with Crippen molar-refractivity contribution in [2.75, 3.05) is 46.5 Å². The molecule has 2 atom stereocenters. The van der Waals surface area contributed by atoms with Crippen LogP contribution in [0.2, 0.25) is 0 Å². The smallest absolute Gasteiger partial charge is 0.226 e. The van der Waals surface area contributed by atoms with Gasteiger partial charge in [-0.05, 0) is 18.9 Å². The molecule has 5 heteroatoms. The minimum atomic E-state index is 0.0295. The Kier molecular flexibility index (Phi) is 6.47. The van der Waals surface area contributed by atoms with Crippen molar-refractivity contribution < 1.29 is 14.6 Å². The largest absolute Gasteiger partial charge is 0.394 e. The fourth-order valence-corrected chi connectivity index (χ4v) is 2.13. The van der Waals surface area contributed by atoms with Crippen LogP contribution < -0.4 is 5.32 Å². The third-order valence-corrected chi connectivity index (χ3v) is 3.10. The van der Waals surface area contributed by atoms with Gasteiger partial charge in [0.2, 0.25) is 5.91 Å². The zero-order valence-corrected chi connectivity index (χ0v) is 10.8. The average molecular weight is 244 g/mol.